The zero-order chi connectivity index (χ0) is 9.97. The molecule has 0 aliphatic heterocycles. The molecule has 2 N–H and O–H groups in total. The van der Waals surface area contributed by atoms with Gasteiger partial charge < -0.3 is 5.73 Å². The molecule has 0 radical (unpaired) electrons. The Balaban J connectivity index is 2.11. The van der Waals surface area contributed by atoms with E-state index in [1.165, 1.54) is 37.1 Å². The van der Waals surface area contributed by atoms with Crippen LogP contribution >= 0.6 is 23.6 Å². The van der Waals surface area contributed by atoms with Crippen LogP contribution < -0.4 is 5.73 Å². The zero-order valence-electron chi connectivity index (χ0n) is 8.03. The molecule has 0 aromatic carbocycles. The van der Waals surface area contributed by atoms with Crippen LogP contribution in [0.2, 0.25) is 0 Å². The van der Waals surface area contributed by atoms with Gasteiger partial charge in [-0.25, -0.2) is 4.98 Å². The molecule has 76 valence electrons. The maximum Gasteiger partial charge on any atom is 0.115 e. The van der Waals surface area contributed by atoms with Gasteiger partial charge in [-0.1, -0.05) is 31.5 Å². The lowest BCUT2D eigenvalue weighted by molar-refractivity contribution is 0.442. The Hall–Kier alpha value is -0.480. The van der Waals surface area contributed by atoms with Gasteiger partial charge in [-0.15, -0.1) is 11.3 Å². The summed E-state index contributed by atoms with van der Waals surface area (Å²) < 4.78 is 0. The summed E-state index contributed by atoms with van der Waals surface area (Å²) >= 11 is 6.60. The second kappa shape index (κ2) is 4.36. The van der Waals surface area contributed by atoms with Gasteiger partial charge >= 0.3 is 0 Å². The molecule has 0 atom stereocenters. The van der Waals surface area contributed by atoms with Crippen LogP contribution in [-0.4, -0.2) is 9.97 Å². The van der Waals surface area contributed by atoms with Gasteiger partial charge in [0.15, 0.2) is 0 Å². The average molecular weight is 226 g/mol. The first-order valence-corrected chi connectivity index (χ1v) is 6.25. The van der Waals surface area contributed by atoms with Gasteiger partial charge in [0, 0.05) is 12.1 Å². The maximum atomic E-state index is 5.56. The van der Waals surface area contributed by atoms with E-state index in [4.69, 9.17) is 18.0 Å². The van der Waals surface area contributed by atoms with Crippen LogP contribution in [-0.2, 0) is 0 Å². The highest BCUT2D eigenvalue weighted by atomic mass is 32.1. The molecular formula is C10H14N2S2. The van der Waals surface area contributed by atoms with Crippen molar-refractivity contribution in [2.75, 3.05) is 0 Å². The molecule has 1 saturated carbocycles. The Morgan fingerprint density at radius 2 is 2.14 bits per heavy atom. The molecular weight excluding hydrogens is 212 g/mol. The van der Waals surface area contributed by atoms with Crippen molar-refractivity contribution in [3.05, 3.63) is 16.1 Å². The monoisotopic (exact) mass is 226 g/mol. The number of nitrogens with two attached hydrogens (primary N) is 1. The fourth-order valence-electron chi connectivity index (χ4n) is 1.94. The standard InChI is InChI=1S/C10H14N2S2/c11-9(13)8-6-12-10(14-8)7-4-2-1-3-5-7/h6-7H,1-5H2,(H2,11,13). The van der Waals surface area contributed by atoms with Crippen LogP contribution in [0.25, 0.3) is 0 Å². The smallest absolute Gasteiger partial charge is 0.115 e. The van der Waals surface area contributed by atoms with E-state index in [2.05, 4.69) is 4.98 Å². The van der Waals surface area contributed by atoms with E-state index in [1.54, 1.807) is 11.3 Å². The van der Waals surface area contributed by atoms with E-state index >= 15 is 0 Å². The summed E-state index contributed by atoms with van der Waals surface area (Å²) in [5.41, 5.74) is 5.56. The summed E-state index contributed by atoms with van der Waals surface area (Å²) in [7, 11) is 0. The lowest BCUT2D eigenvalue weighted by atomic mass is 9.90. The Bertz CT molecular complexity index is 327. The number of nitrogens with zero attached hydrogens (tertiary/aromatic N) is 1. The normalized spacial score (nSPS) is 18.3. The van der Waals surface area contributed by atoms with Crippen LogP contribution in [0.15, 0.2) is 6.20 Å². The first kappa shape index (κ1) is 10.1. The van der Waals surface area contributed by atoms with E-state index in [1.807, 2.05) is 6.20 Å². The van der Waals surface area contributed by atoms with Crippen molar-refractivity contribution in [2.45, 2.75) is 38.0 Å². The van der Waals surface area contributed by atoms with Gasteiger partial charge in [0.2, 0.25) is 0 Å². The molecule has 0 amide bonds. The third-order valence-corrected chi connectivity index (χ3v) is 4.26. The topological polar surface area (TPSA) is 38.9 Å². The van der Waals surface area contributed by atoms with Crippen LogP contribution in [0.3, 0.4) is 0 Å². The molecule has 1 aliphatic rings. The van der Waals surface area contributed by atoms with Crippen molar-refractivity contribution < 1.29 is 0 Å². The fourth-order valence-corrected chi connectivity index (χ4v) is 3.06. The van der Waals surface area contributed by atoms with Gasteiger partial charge in [0.25, 0.3) is 0 Å². The number of rotatable bonds is 2. The van der Waals surface area contributed by atoms with Crippen molar-refractivity contribution in [1.82, 2.24) is 4.98 Å². The van der Waals surface area contributed by atoms with Crippen molar-refractivity contribution in [3.63, 3.8) is 0 Å². The number of hydrogen-bond donors (Lipinski definition) is 1. The number of hydrogen-bond acceptors (Lipinski definition) is 3. The van der Waals surface area contributed by atoms with E-state index in [-0.39, 0.29) is 0 Å². The lowest BCUT2D eigenvalue weighted by Gasteiger charge is -2.18. The number of aromatic nitrogens is 1. The largest absolute Gasteiger partial charge is 0.389 e. The molecule has 1 aromatic heterocycles. The molecule has 0 bridgehead atoms. The van der Waals surface area contributed by atoms with Crippen molar-refractivity contribution in [2.24, 2.45) is 5.73 Å². The molecule has 0 saturated heterocycles. The predicted octanol–water partition coefficient (Wildman–Crippen LogP) is 2.83. The summed E-state index contributed by atoms with van der Waals surface area (Å²) in [5, 5.41) is 1.23. The van der Waals surface area contributed by atoms with Crippen molar-refractivity contribution in [3.8, 4) is 0 Å². The van der Waals surface area contributed by atoms with E-state index in [0.29, 0.717) is 10.9 Å². The Morgan fingerprint density at radius 1 is 1.43 bits per heavy atom. The molecule has 1 fully saturated rings. The summed E-state index contributed by atoms with van der Waals surface area (Å²) in [5.74, 6) is 0.664. The predicted molar refractivity (Wildman–Crippen MR) is 63.8 cm³/mol. The quantitative estimate of drug-likeness (QED) is 0.788. The van der Waals surface area contributed by atoms with Crippen molar-refractivity contribution >= 4 is 28.5 Å². The molecule has 0 spiro atoms. The Morgan fingerprint density at radius 3 is 2.71 bits per heavy atom. The highest BCUT2D eigenvalue weighted by Crippen LogP contribution is 2.34. The Labute approximate surface area is 93.5 Å². The summed E-state index contributed by atoms with van der Waals surface area (Å²) in [6.45, 7) is 0. The number of thiocarbonyl (C=S) groups is 1. The molecule has 1 aliphatic carbocycles. The average Bonchev–Trinajstić information content (AvgIpc) is 2.68. The van der Waals surface area contributed by atoms with E-state index in [0.717, 1.165) is 4.88 Å². The molecule has 1 heterocycles. The minimum Gasteiger partial charge on any atom is -0.389 e. The van der Waals surface area contributed by atoms with Crippen LogP contribution in [0, 0.1) is 0 Å². The fraction of sp³-hybridized carbons (Fsp3) is 0.600. The van der Waals surface area contributed by atoms with Gasteiger partial charge in [0.1, 0.15) is 4.99 Å². The zero-order valence-corrected chi connectivity index (χ0v) is 9.66. The summed E-state index contributed by atoms with van der Waals surface area (Å²) in [4.78, 5) is 5.85. The second-order valence-corrected chi connectivity index (χ2v) is 5.26. The molecule has 4 heteroatoms. The third kappa shape index (κ3) is 2.12. The summed E-state index contributed by atoms with van der Waals surface area (Å²) in [6, 6.07) is 0. The van der Waals surface area contributed by atoms with E-state index < -0.39 is 0 Å². The molecule has 2 rings (SSSR count). The summed E-state index contributed by atoms with van der Waals surface area (Å²) in [6.07, 6.45) is 8.44. The number of thiazole rings is 1. The van der Waals surface area contributed by atoms with Crippen LogP contribution in [0.5, 0.6) is 0 Å². The van der Waals surface area contributed by atoms with E-state index in [9.17, 15) is 0 Å². The van der Waals surface area contributed by atoms with Crippen molar-refractivity contribution in [1.29, 1.82) is 0 Å². The maximum absolute atomic E-state index is 5.56. The van der Waals surface area contributed by atoms with Gasteiger partial charge in [-0.2, -0.15) is 0 Å². The lowest BCUT2D eigenvalue weighted by Crippen LogP contribution is -2.06. The first-order valence-electron chi connectivity index (χ1n) is 5.03. The van der Waals surface area contributed by atoms with Gasteiger partial charge in [-0.05, 0) is 12.8 Å². The highest BCUT2D eigenvalue weighted by molar-refractivity contribution is 7.81. The minimum atomic E-state index is 0.476. The SMILES string of the molecule is NC(=S)c1cnc(C2CCCCC2)s1. The molecule has 14 heavy (non-hydrogen) atoms. The minimum absolute atomic E-state index is 0.476. The molecule has 1 aromatic rings. The highest BCUT2D eigenvalue weighted by Gasteiger charge is 2.18. The first-order chi connectivity index (χ1) is 6.77. The molecule has 0 unspecified atom stereocenters. The van der Waals surface area contributed by atoms with Crippen LogP contribution in [0.1, 0.15) is 47.9 Å². The third-order valence-electron chi connectivity index (χ3n) is 2.72. The second-order valence-electron chi connectivity index (χ2n) is 3.76. The Kier molecular flexibility index (Phi) is 3.13. The van der Waals surface area contributed by atoms with Gasteiger partial charge in [-0.3, -0.25) is 0 Å². The molecule has 2 nitrogen and oxygen atoms in total. The van der Waals surface area contributed by atoms with Gasteiger partial charge in [0.05, 0.1) is 9.88 Å². The van der Waals surface area contributed by atoms with Crippen LogP contribution in [0.4, 0.5) is 0 Å².